The maximum atomic E-state index is 11.8. The number of nitrogens with two attached hydrogens (primary N) is 1. The first-order valence-electron chi connectivity index (χ1n) is 4.97. The van der Waals surface area contributed by atoms with E-state index in [1.54, 1.807) is 12.3 Å². The predicted molar refractivity (Wildman–Crippen MR) is 63.4 cm³/mol. The zero-order chi connectivity index (χ0) is 12.3. The molecule has 0 aromatic carbocycles. The highest BCUT2D eigenvalue weighted by Gasteiger charge is 2.10. The van der Waals surface area contributed by atoms with Crippen LogP contribution in [-0.4, -0.2) is 20.9 Å². The molecular weight excluding hydrogens is 218 g/mol. The number of pyridine rings is 1. The van der Waals surface area contributed by atoms with Gasteiger partial charge in [0, 0.05) is 6.20 Å². The van der Waals surface area contributed by atoms with Crippen molar-refractivity contribution >= 4 is 17.5 Å². The van der Waals surface area contributed by atoms with Gasteiger partial charge in [-0.3, -0.25) is 9.78 Å². The van der Waals surface area contributed by atoms with Crippen LogP contribution >= 0.6 is 0 Å². The molecule has 0 aliphatic heterocycles. The molecule has 86 valence electrons. The first-order valence-corrected chi connectivity index (χ1v) is 4.97. The molecule has 0 saturated heterocycles. The molecule has 0 spiro atoms. The highest BCUT2D eigenvalue weighted by molar-refractivity contribution is 6.02. The number of aryl methyl sites for hydroxylation is 1. The molecule has 1 amide bonds. The molecule has 0 aliphatic rings. The van der Waals surface area contributed by atoms with Crippen molar-refractivity contribution in [2.24, 2.45) is 0 Å². The van der Waals surface area contributed by atoms with Gasteiger partial charge in [0.25, 0.3) is 5.91 Å². The average Bonchev–Trinajstić information content (AvgIpc) is 2.32. The van der Waals surface area contributed by atoms with Gasteiger partial charge in [-0.15, -0.1) is 0 Å². The van der Waals surface area contributed by atoms with E-state index < -0.39 is 0 Å². The summed E-state index contributed by atoms with van der Waals surface area (Å²) in [5, 5.41) is 2.65. The number of nitrogen functional groups attached to an aromatic ring is 1. The van der Waals surface area contributed by atoms with Crippen molar-refractivity contribution in [2.75, 3.05) is 11.1 Å². The fourth-order valence-electron chi connectivity index (χ4n) is 1.28. The second-order valence-electron chi connectivity index (χ2n) is 3.45. The van der Waals surface area contributed by atoms with Gasteiger partial charge in [0.05, 0.1) is 12.4 Å². The second kappa shape index (κ2) is 4.56. The molecule has 17 heavy (non-hydrogen) atoms. The summed E-state index contributed by atoms with van der Waals surface area (Å²) in [5.74, 6) is 0.323. The van der Waals surface area contributed by atoms with Gasteiger partial charge < -0.3 is 11.1 Å². The van der Waals surface area contributed by atoms with Crippen LogP contribution in [0.1, 0.15) is 16.1 Å². The van der Waals surface area contributed by atoms with Crippen LogP contribution in [-0.2, 0) is 0 Å². The average molecular weight is 229 g/mol. The van der Waals surface area contributed by atoms with Gasteiger partial charge in [-0.25, -0.2) is 9.97 Å². The number of nitrogens with zero attached hydrogens (tertiary/aromatic N) is 3. The van der Waals surface area contributed by atoms with E-state index >= 15 is 0 Å². The van der Waals surface area contributed by atoms with Crippen molar-refractivity contribution < 1.29 is 4.79 Å². The number of amides is 1. The minimum absolute atomic E-state index is 0.162. The minimum atomic E-state index is -0.383. The Kier molecular flexibility index (Phi) is 2.95. The molecule has 0 radical (unpaired) electrons. The van der Waals surface area contributed by atoms with Gasteiger partial charge in [-0.05, 0) is 18.6 Å². The number of rotatable bonds is 2. The SMILES string of the molecule is Cc1cccnc1NC(=O)c1cncc(N)n1. The van der Waals surface area contributed by atoms with Crippen LogP contribution in [0.3, 0.4) is 0 Å². The lowest BCUT2D eigenvalue weighted by Crippen LogP contribution is -2.16. The Morgan fingerprint density at radius 1 is 1.41 bits per heavy atom. The van der Waals surface area contributed by atoms with Crippen molar-refractivity contribution in [1.82, 2.24) is 15.0 Å². The lowest BCUT2D eigenvalue weighted by molar-refractivity contribution is 0.102. The van der Waals surface area contributed by atoms with E-state index in [2.05, 4.69) is 20.3 Å². The molecule has 0 unspecified atom stereocenters. The minimum Gasteiger partial charge on any atom is -0.382 e. The van der Waals surface area contributed by atoms with Crippen molar-refractivity contribution in [2.45, 2.75) is 6.92 Å². The monoisotopic (exact) mass is 229 g/mol. The smallest absolute Gasteiger partial charge is 0.277 e. The van der Waals surface area contributed by atoms with Crippen LogP contribution in [0.2, 0.25) is 0 Å². The van der Waals surface area contributed by atoms with Gasteiger partial charge in [-0.1, -0.05) is 6.07 Å². The van der Waals surface area contributed by atoms with Gasteiger partial charge in [-0.2, -0.15) is 0 Å². The molecule has 0 bridgehead atoms. The number of hydrogen-bond donors (Lipinski definition) is 2. The topological polar surface area (TPSA) is 93.8 Å². The Labute approximate surface area is 97.9 Å². The van der Waals surface area contributed by atoms with E-state index in [1.807, 2.05) is 13.0 Å². The molecule has 2 aromatic rings. The summed E-state index contributed by atoms with van der Waals surface area (Å²) in [7, 11) is 0. The van der Waals surface area contributed by atoms with Crippen molar-refractivity contribution in [3.63, 3.8) is 0 Å². The Balaban J connectivity index is 2.20. The fourth-order valence-corrected chi connectivity index (χ4v) is 1.28. The van der Waals surface area contributed by atoms with Crippen LogP contribution < -0.4 is 11.1 Å². The normalized spacial score (nSPS) is 9.94. The van der Waals surface area contributed by atoms with Crippen molar-refractivity contribution in [1.29, 1.82) is 0 Å². The summed E-state index contributed by atoms with van der Waals surface area (Å²) in [6.07, 6.45) is 4.33. The van der Waals surface area contributed by atoms with Gasteiger partial charge in [0.15, 0.2) is 0 Å². The molecule has 2 heterocycles. The lowest BCUT2D eigenvalue weighted by Gasteiger charge is -2.06. The molecule has 2 aromatic heterocycles. The van der Waals surface area contributed by atoms with Gasteiger partial charge in [0.2, 0.25) is 0 Å². The Morgan fingerprint density at radius 3 is 2.94 bits per heavy atom. The standard InChI is InChI=1S/C11H11N5O/c1-7-3-2-4-14-10(7)16-11(17)8-5-13-6-9(12)15-8/h2-6H,1H3,(H2,12,15)(H,14,16,17). The zero-order valence-corrected chi connectivity index (χ0v) is 9.21. The van der Waals surface area contributed by atoms with Crippen LogP contribution in [0.5, 0.6) is 0 Å². The molecule has 6 nitrogen and oxygen atoms in total. The number of nitrogens with one attached hydrogen (secondary N) is 1. The number of anilines is 2. The lowest BCUT2D eigenvalue weighted by atomic mass is 10.3. The second-order valence-corrected chi connectivity index (χ2v) is 3.45. The van der Waals surface area contributed by atoms with E-state index in [0.29, 0.717) is 5.82 Å². The molecule has 6 heteroatoms. The van der Waals surface area contributed by atoms with E-state index in [9.17, 15) is 4.79 Å². The number of aromatic nitrogens is 3. The zero-order valence-electron chi connectivity index (χ0n) is 9.21. The fraction of sp³-hybridized carbons (Fsp3) is 0.0909. The number of carbonyl (C=O) groups is 1. The summed E-state index contributed by atoms with van der Waals surface area (Å²) >= 11 is 0. The molecule has 2 rings (SSSR count). The Bertz CT molecular complexity index is 555. The van der Waals surface area contributed by atoms with Crippen LogP contribution in [0.25, 0.3) is 0 Å². The molecule has 0 atom stereocenters. The third-order valence-corrected chi connectivity index (χ3v) is 2.13. The summed E-state index contributed by atoms with van der Waals surface area (Å²) < 4.78 is 0. The largest absolute Gasteiger partial charge is 0.382 e. The summed E-state index contributed by atoms with van der Waals surface area (Å²) in [6, 6.07) is 3.65. The predicted octanol–water partition coefficient (Wildman–Crippen LogP) is 1.01. The molecule has 3 N–H and O–H groups in total. The van der Waals surface area contributed by atoms with E-state index in [1.165, 1.54) is 12.4 Å². The van der Waals surface area contributed by atoms with Crippen LogP contribution in [0, 0.1) is 6.92 Å². The van der Waals surface area contributed by atoms with E-state index in [4.69, 9.17) is 5.73 Å². The van der Waals surface area contributed by atoms with E-state index in [-0.39, 0.29) is 17.4 Å². The van der Waals surface area contributed by atoms with Gasteiger partial charge >= 0.3 is 0 Å². The van der Waals surface area contributed by atoms with Crippen molar-refractivity contribution in [3.8, 4) is 0 Å². The Hall–Kier alpha value is -2.50. The van der Waals surface area contributed by atoms with E-state index in [0.717, 1.165) is 5.56 Å². The van der Waals surface area contributed by atoms with Gasteiger partial charge in [0.1, 0.15) is 17.3 Å². The van der Waals surface area contributed by atoms with Crippen molar-refractivity contribution in [3.05, 3.63) is 42.0 Å². The molecule has 0 aliphatic carbocycles. The third-order valence-electron chi connectivity index (χ3n) is 2.13. The highest BCUT2D eigenvalue weighted by Crippen LogP contribution is 2.10. The third kappa shape index (κ3) is 2.54. The maximum Gasteiger partial charge on any atom is 0.277 e. The summed E-state index contributed by atoms with van der Waals surface area (Å²) in [4.78, 5) is 23.5. The maximum absolute atomic E-state index is 11.8. The number of carbonyl (C=O) groups excluding carboxylic acids is 1. The molecular formula is C11H11N5O. The first kappa shape index (κ1) is 11.0. The molecule has 0 saturated carbocycles. The first-order chi connectivity index (χ1) is 8.16. The quantitative estimate of drug-likeness (QED) is 0.801. The number of hydrogen-bond acceptors (Lipinski definition) is 5. The highest BCUT2D eigenvalue weighted by atomic mass is 16.1. The van der Waals surface area contributed by atoms with Crippen LogP contribution in [0.15, 0.2) is 30.7 Å². The molecule has 0 fully saturated rings. The summed E-state index contributed by atoms with van der Waals surface area (Å²) in [5.41, 5.74) is 6.49. The Morgan fingerprint density at radius 2 is 2.24 bits per heavy atom. The summed E-state index contributed by atoms with van der Waals surface area (Å²) in [6.45, 7) is 1.85. The van der Waals surface area contributed by atoms with Crippen LogP contribution in [0.4, 0.5) is 11.6 Å².